The van der Waals surface area contributed by atoms with E-state index in [2.05, 4.69) is 0 Å². The van der Waals surface area contributed by atoms with Gasteiger partial charge in [0, 0.05) is 20.0 Å². The topological polar surface area (TPSA) is 85.3 Å². The number of hydrogen-bond donors (Lipinski definition) is 1. The van der Waals surface area contributed by atoms with Crippen LogP contribution in [0.4, 0.5) is 0 Å². The largest absolute Gasteiger partial charge is 0.502 e. The van der Waals surface area contributed by atoms with Gasteiger partial charge in [0.15, 0.2) is 17.6 Å². The Balaban J connectivity index is 3.17. The van der Waals surface area contributed by atoms with Crippen LogP contribution in [-0.2, 0) is 20.7 Å². The van der Waals surface area contributed by atoms with Gasteiger partial charge in [-0.3, -0.25) is 9.59 Å². The van der Waals surface area contributed by atoms with Crippen LogP contribution < -0.4 is 9.47 Å². The summed E-state index contributed by atoms with van der Waals surface area (Å²) in [5.41, 5.74) is 0.672. The SMILES string of the molecule is CCCN(C)C(=O)C(Cc1cc(OCC(C)C)c(O)c(OCC(C)C)c1)OC=O. The molecule has 1 atom stereocenters. The first kappa shape index (κ1) is 24.6. The van der Waals surface area contributed by atoms with Crippen LogP contribution >= 0.6 is 0 Å². The predicted molar refractivity (Wildman–Crippen MR) is 111 cm³/mol. The van der Waals surface area contributed by atoms with E-state index in [9.17, 15) is 14.7 Å². The molecule has 29 heavy (non-hydrogen) atoms. The highest BCUT2D eigenvalue weighted by Gasteiger charge is 2.25. The van der Waals surface area contributed by atoms with Gasteiger partial charge >= 0.3 is 0 Å². The summed E-state index contributed by atoms with van der Waals surface area (Å²) in [7, 11) is 1.68. The normalized spacial score (nSPS) is 12.0. The van der Waals surface area contributed by atoms with Gasteiger partial charge in [0.2, 0.25) is 5.75 Å². The van der Waals surface area contributed by atoms with Crippen LogP contribution in [0.5, 0.6) is 17.2 Å². The molecule has 0 bridgehead atoms. The maximum absolute atomic E-state index is 12.6. The van der Waals surface area contributed by atoms with Crippen LogP contribution in [0.3, 0.4) is 0 Å². The number of rotatable bonds is 13. The lowest BCUT2D eigenvalue weighted by atomic mass is 10.0. The van der Waals surface area contributed by atoms with Crippen LogP contribution in [0.1, 0.15) is 46.6 Å². The monoisotopic (exact) mass is 409 g/mol. The molecule has 7 heteroatoms. The number of aromatic hydroxyl groups is 1. The van der Waals surface area contributed by atoms with E-state index >= 15 is 0 Å². The Kier molecular flexibility index (Phi) is 10.3. The molecule has 0 saturated carbocycles. The van der Waals surface area contributed by atoms with Crippen LogP contribution in [0.15, 0.2) is 12.1 Å². The van der Waals surface area contributed by atoms with E-state index < -0.39 is 6.10 Å². The highest BCUT2D eigenvalue weighted by Crippen LogP contribution is 2.38. The van der Waals surface area contributed by atoms with Gasteiger partial charge in [-0.15, -0.1) is 0 Å². The number of nitrogens with zero attached hydrogens (tertiary/aromatic N) is 1. The summed E-state index contributed by atoms with van der Waals surface area (Å²) in [6, 6.07) is 3.32. The third-order valence-corrected chi connectivity index (χ3v) is 4.10. The number of carbonyl (C=O) groups excluding carboxylic acids is 2. The Labute approximate surface area is 173 Å². The summed E-state index contributed by atoms with van der Waals surface area (Å²) < 4.78 is 16.5. The van der Waals surface area contributed by atoms with Crippen molar-refractivity contribution in [3.8, 4) is 17.2 Å². The second kappa shape index (κ2) is 12.2. The van der Waals surface area contributed by atoms with Gasteiger partial charge in [-0.25, -0.2) is 0 Å². The first-order valence-electron chi connectivity index (χ1n) is 10.1. The average Bonchev–Trinajstić information content (AvgIpc) is 2.65. The third-order valence-electron chi connectivity index (χ3n) is 4.10. The van der Waals surface area contributed by atoms with Crippen LogP contribution in [0, 0.1) is 11.8 Å². The first-order valence-corrected chi connectivity index (χ1v) is 10.1. The van der Waals surface area contributed by atoms with Crippen molar-refractivity contribution >= 4 is 12.4 Å². The number of benzene rings is 1. The average molecular weight is 410 g/mol. The van der Waals surface area contributed by atoms with Crippen molar-refractivity contribution in [3.63, 3.8) is 0 Å². The molecule has 1 aromatic carbocycles. The minimum absolute atomic E-state index is 0.0719. The number of carbonyl (C=O) groups is 2. The van der Waals surface area contributed by atoms with E-state index in [1.54, 1.807) is 24.1 Å². The van der Waals surface area contributed by atoms with E-state index in [0.29, 0.717) is 25.3 Å². The molecule has 164 valence electrons. The first-order chi connectivity index (χ1) is 13.7. The fraction of sp³-hybridized carbons (Fsp3) is 0.636. The molecular formula is C22H35NO6. The smallest absolute Gasteiger partial charge is 0.293 e. The molecule has 1 rings (SSSR count). The predicted octanol–water partition coefficient (Wildman–Crippen LogP) is 3.41. The summed E-state index contributed by atoms with van der Waals surface area (Å²) >= 11 is 0. The van der Waals surface area contributed by atoms with Gasteiger partial charge in [0.05, 0.1) is 13.2 Å². The lowest BCUT2D eigenvalue weighted by molar-refractivity contribution is -0.150. The number of likely N-dealkylation sites (N-methyl/N-ethyl adjacent to an activating group) is 1. The molecule has 0 spiro atoms. The Morgan fingerprint density at radius 3 is 2.03 bits per heavy atom. The Morgan fingerprint density at radius 1 is 1.10 bits per heavy atom. The third kappa shape index (κ3) is 8.21. The maximum atomic E-state index is 12.6. The molecule has 7 nitrogen and oxygen atoms in total. The van der Waals surface area contributed by atoms with Gasteiger partial charge < -0.3 is 24.2 Å². The number of amides is 1. The molecule has 0 fully saturated rings. The number of phenols is 1. The molecule has 0 heterocycles. The number of phenolic OH excluding ortho intramolecular Hbond substituents is 1. The van der Waals surface area contributed by atoms with Crippen molar-refractivity contribution in [2.24, 2.45) is 11.8 Å². The highest BCUT2D eigenvalue weighted by atomic mass is 16.5. The Hall–Kier alpha value is -2.44. The van der Waals surface area contributed by atoms with E-state index in [0.717, 1.165) is 6.42 Å². The fourth-order valence-corrected chi connectivity index (χ4v) is 2.65. The molecule has 0 saturated heterocycles. The number of ether oxygens (including phenoxy) is 3. The van der Waals surface area contributed by atoms with Gasteiger partial charge in [-0.05, 0) is 36.0 Å². The van der Waals surface area contributed by atoms with E-state index in [1.807, 2.05) is 34.6 Å². The fourth-order valence-electron chi connectivity index (χ4n) is 2.65. The molecule has 1 N–H and O–H groups in total. The van der Waals surface area contributed by atoms with Crippen molar-refractivity contribution in [3.05, 3.63) is 17.7 Å². The molecule has 0 aromatic heterocycles. The second-order valence-corrected chi connectivity index (χ2v) is 8.04. The zero-order valence-electron chi connectivity index (χ0n) is 18.4. The van der Waals surface area contributed by atoms with Crippen molar-refractivity contribution in [1.29, 1.82) is 0 Å². The molecule has 0 aliphatic rings. The molecule has 1 aromatic rings. The van der Waals surface area contributed by atoms with Gasteiger partial charge in [0.1, 0.15) is 0 Å². The van der Waals surface area contributed by atoms with Gasteiger partial charge in [0.25, 0.3) is 12.4 Å². The zero-order chi connectivity index (χ0) is 22.0. The molecule has 1 unspecified atom stereocenters. The van der Waals surface area contributed by atoms with Crippen LogP contribution in [0.25, 0.3) is 0 Å². The highest BCUT2D eigenvalue weighted by molar-refractivity contribution is 5.82. The quantitative estimate of drug-likeness (QED) is 0.503. The minimum Gasteiger partial charge on any atom is -0.502 e. The standard InChI is InChI=1S/C22H35NO6/c1-7-8-23(6)22(26)20(29-14-24)11-17-9-18(27-12-15(2)3)21(25)19(10-17)28-13-16(4)5/h9-10,14-16,20,25H,7-8,11-13H2,1-6H3. The van der Waals surface area contributed by atoms with Crippen molar-refractivity contribution in [2.75, 3.05) is 26.8 Å². The summed E-state index contributed by atoms with van der Waals surface area (Å²) in [5.74, 6) is 0.768. The second-order valence-electron chi connectivity index (χ2n) is 8.04. The summed E-state index contributed by atoms with van der Waals surface area (Å²) in [5, 5.41) is 10.5. The molecule has 0 radical (unpaired) electrons. The van der Waals surface area contributed by atoms with Gasteiger partial charge in [-0.2, -0.15) is 0 Å². The van der Waals surface area contributed by atoms with Crippen molar-refractivity contribution < 1.29 is 28.9 Å². The minimum atomic E-state index is -0.954. The van der Waals surface area contributed by atoms with Gasteiger partial charge in [-0.1, -0.05) is 34.6 Å². The van der Waals surface area contributed by atoms with Crippen molar-refractivity contribution in [1.82, 2.24) is 4.90 Å². The lowest BCUT2D eigenvalue weighted by Crippen LogP contribution is -2.39. The molecular weight excluding hydrogens is 374 g/mol. The molecule has 0 aliphatic heterocycles. The molecule has 1 amide bonds. The van der Waals surface area contributed by atoms with E-state index in [4.69, 9.17) is 14.2 Å². The van der Waals surface area contributed by atoms with Crippen molar-refractivity contribution in [2.45, 2.75) is 53.6 Å². The van der Waals surface area contributed by atoms with E-state index in [-0.39, 0.29) is 47.9 Å². The Bertz CT molecular complexity index is 626. The van der Waals surface area contributed by atoms with Crippen LogP contribution in [-0.4, -0.2) is 55.3 Å². The number of hydrogen-bond acceptors (Lipinski definition) is 6. The zero-order valence-corrected chi connectivity index (χ0v) is 18.4. The maximum Gasteiger partial charge on any atom is 0.293 e. The summed E-state index contributed by atoms with van der Waals surface area (Å²) in [6.07, 6.45) is 0.00180. The molecule has 0 aliphatic carbocycles. The summed E-state index contributed by atoms with van der Waals surface area (Å²) in [6.45, 7) is 11.7. The Morgan fingerprint density at radius 2 is 1.62 bits per heavy atom. The summed E-state index contributed by atoms with van der Waals surface area (Å²) in [4.78, 5) is 25.1. The lowest BCUT2D eigenvalue weighted by Gasteiger charge is -2.23. The van der Waals surface area contributed by atoms with Crippen LogP contribution in [0.2, 0.25) is 0 Å². The van der Waals surface area contributed by atoms with E-state index in [1.165, 1.54) is 0 Å².